The first-order valence-corrected chi connectivity index (χ1v) is 7.79. The second-order valence-electron chi connectivity index (χ2n) is 5.31. The summed E-state index contributed by atoms with van der Waals surface area (Å²) in [5.41, 5.74) is 2.53. The zero-order valence-corrected chi connectivity index (χ0v) is 13.5. The van der Waals surface area contributed by atoms with Gasteiger partial charge >= 0.3 is 5.97 Å². The van der Waals surface area contributed by atoms with Crippen LogP contribution in [0, 0.1) is 0 Å². The molecule has 1 N–H and O–H groups in total. The van der Waals surface area contributed by atoms with Crippen molar-refractivity contribution in [2.45, 2.75) is 19.4 Å². The molecule has 1 aliphatic rings. The number of rotatable bonds is 5. The maximum atomic E-state index is 11.7. The third-order valence-corrected chi connectivity index (χ3v) is 3.74. The molecule has 1 aromatic carbocycles. The number of hydrogen-bond donors (Lipinski definition) is 1. The number of carbonyl (C=O) groups excluding carboxylic acids is 2. The molecule has 0 bridgehead atoms. The van der Waals surface area contributed by atoms with E-state index in [-0.39, 0.29) is 19.1 Å². The number of hydrogen-bond acceptors (Lipinski definition) is 5. The first-order chi connectivity index (χ1) is 11.6. The lowest BCUT2D eigenvalue weighted by atomic mass is 10.0. The maximum absolute atomic E-state index is 11.7. The van der Waals surface area contributed by atoms with Gasteiger partial charge in [-0.3, -0.25) is 4.79 Å². The number of benzene rings is 1. The van der Waals surface area contributed by atoms with E-state index in [1.54, 1.807) is 30.5 Å². The van der Waals surface area contributed by atoms with Gasteiger partial charge in [0.25, 0.3) is 0 Å². The standard InChI is InChI=1S/C17H15ClN2O4/c18-15-5-1-11(8-19-15)9-24-17(22)10-23-13-3-4-14-12(7-13)2-6-16(21)20-14/h1,3-5,7-8H,2,6,9-10H2,(H,20,21). The van der Waals surface area contributed by atoms with Crippen molar-refractivity contribution in [3.8, 4) is 5.75 Å². The third-order valence-electron chi connectivity index (χ3n) is 3.52. The lowest BCUT2D eigenvalue weighted by Gasteiger charge is -2.17. The van der Waals surface area contributed by atoms with E-state index in [2.05, 4.69) is 10.3 Å². The largest absolute Gasteiger partial charge is 0.482 e. The monoisotopic (exact) mass is 346 g/mol. The van der Waals surface area contributed by atoms with E-state index in [4.69, 9.17) is 21.1 Å². The third kappa shape index (κ3) is 4.23. The number of ether oxygens (including phenoxy) is 2. The molecule has 0 aliphatic carbocycles. The van der Waals surface area contributed by atoms with Gasteiger partial charge in [-0.15, -0.1) is 0 Å². The quantitative estimate of drug-likeness (QED) is 0.665. The average Bonchev–Trinajstić information content (AvgIpc) is 2.59. The summed E-state index contributed by atoms with van der Waals surface area (Å²) < 4.78 is 10.6. The van der Waals surface area contributed by atoms with Crippen LogP contribution in [0.2, 0.25) is 5.15 Å². The molecule has 3 rings (SSSR count). The number of fused-ring (bicyclic) bond motifs is 1. The van der Waals surface area contributed by atoms with E-state index < -0.39 is 5.97 Å². The highest BCUT2D eigenvalue weighted by Crippen LogP contribution is 2.26. The minimum Gasteiger partial charge on any atom is -0.482 e. The molecule has 0 spiro atoms. The summed E-state index contributed by atoms with van der Waals surface area (Å²) in [4.78, 5) is 27.0. The first kappa shape index (κ1) is 16.3. The van der Waals surface area contributed by atoms with Crippen LogP contribution in [0.3, 0.4) is 0 Å². The van der Waals surface area contributed by atoms with Crippen molar-refractivity contribution in [1.29, 1.82) is 0 Å². The van der Waals surface area contributed by atoms with Crippen LogP contribution in [-0.2, 0) is 27.4 Å². The van der Waals surface area contributed by atoms with Gasteiger partial charge in [-0.25, -0.2) is 9.78 Å². The van der Waals surface area contributed by atoms with E-state index in [0.29, 0.717) is 23.7 Å². The van der Waals surface area contributed by atoms with Gasteiger partial charge in [0, 0.05) is 23.9 Å². The molecule has 7 heteroatoms. The van der Waals surface area contributed by atoms with Gasteiger partial charge in [-0.1, -0.05) is 17.7 Å². The van der Waals surface area contributed by atoms with Crippen molar-refractivity contribution in [2.24, 2.45) is 0 Å². The van der Waals surface area contributed by atoms with Gasteiger partial charge in [0.1, 0.15) is 17.5 Å². The van der Waals surface area contributed by atoms with Crippen molar-refractivity contribution in [3.05, 3.63) is 52.8 Å². The summed E-state index contributed by atoms with van der Waals surface area (Å²) in [6.07, 6.45) is 2.66. The number of amides is 1. The van der Waals surface area contributed by atoms with Gasteiger partial charge in [-0.2, -0.15) is 0 Å². The van der Waals surface area contributed by atoms with Crippen molar-refractivity contribution < 1.29 is 19.1 Å². The predicted octanol–water partition coefficient (Wildman–Crippen LogP) is 2.74. The van der Waals surface area contributed by atoms with E-state index >= 15 is 0 Å². The van der Waals surface area contributed by atoms with Gasteiger partial charge in [-0.05, 0) is 36.2 Å². The van der Waals surface area contributed by atoms with Crippen molar-refractivity contribution >= 4 is 29.2 Å². The summed E-state index contributed by atoms with van der Waals surface area (Å²) in [5, 5.41) is 3.18. The number of pyridine rings is 1. The molecule has 0 saturated carbocycles. The lowest BCUT2D eigenvalue weighted by molar-refractivity contribution is -0.147. The average molecular weight is 347 g/mol. The molecule has 1 amide bonds. The number of nitrogens with one attached hydrogen (secondary N) is 1. The number of nitrogens with zero attached hydrogens (tertiary/aromatic N) is 1. The molecule has 2 heterocycles. The Balaban J connectivity index is 1.49. The second kappa shape index (κ2) is 7.31. The number of aromatic nitrogens is 1. The summed E-state index contributed by atoms with van der Waals surface area (Å²) in [7, 11) is 0. The molecule has 24 heavy (non-hydrogen) atoms. The van der Waals surface area contributed by atoms with Crippen LogP contribution < -0.4 is 10.1 Å². The van der Waals surface area contributed by atoms with Crippen LogP contribution in [0.15, 0.2) is 36.5 Å². The highest BCUT2D eigenvalue weighted by molar-refractivity contribution is 6.29. The van der Waals surface area contributed by atoms with Crippen LogP contribution in [0.4, 0.5) is 5.69 Å². The van der Waals surface area contributed by atoms with Crippen LogP contribution in [-0.4, -0.2) is 23.5 Å². The van der Waals surface area contributed by atoms with Gasteiger partial charge in [0.05, 0.1) is 0 Å². The number of halogens is 1. The topological polar surface area (TPSA) is 77.5 Å². The van der Waals surface area contributed by atoms with Crippen molar-refractivity contribution in [2.75, 3.05) is 11.9 Å². The van der Waals surface area contributed by atoms with Crippen LogP contribution in [0.5, 0.6) is 5.75 Å². The van der Waals surface area contributed by atoms with Crippen molar-refractivity contribution in [1.82, 2.24) is 4.98 Å². The Morgan fingerprint density at radius 2 is 2.12 bits per heavy atom. The maximum Gasteiger partial charge on any atom is 0.344 e. The molecule has 0 saturated heterocycles. The molecule has 1 aromatic heterocycles. The molecular formula is C17H15ClN2O4. The van der Waals surface area contributed by atoms with Gasteiger partial charge in [0.2, 0.25) is 5.91 Å². The molecular weight excluding hydrogens is 332 g/mol. The number of aryl methyl sites for hydroxylation is 1. The van der Waals surface area contributed by atoms with Crippen LogP contribution in [0.1, 0.15) is 17.5 Å². The van der Waals surface area contributed by atoms with Gasteiger partial charge < -0.3 is 14.8 Å². The molecule has 0 radical (unpaired) electrons. The molecule has 0 unspecified atom stereocenters. The molecule has 2 aromatic rings. The van der Waals surface area contributed by atoms with Crippen molar-refractivity contribution in [3.63, 3.8) is 0 Å². The fraction of sp³-hybridized carbons (Fsp3) is 0.235. The minimum atomic E-state index is -0.476. The Morgan fingerprint density at radius 1 is 1.25 bits per heavy atom. The Hall–Kier alpha value is -2.60. The minimum absolute atomic E-state index is 0.0106. The number of anilines is 1. The Labute approximate surface area is 143 Å². The Bertz CT molecular complexity index is 762. The fourth-order valence-electron chi connectivity index (χ4n) is 2.29. The lowest BCUT2D eigenvalue weighted by Crippen LogP contribution is -2.19. The predicted molar refractivity (Wildman–Crippen MR) is 87.9 cm³/mol. The Kier molecular flexibility index (Phi) is 4.96. The zero-order valence-electron chi connectivity index (χ0n) is 12.8. The molecule has 6 nitrogen and oxygen atoms in total. The summed E-state index contributed by atoms with van der Waals surface area (Å²) in [5.74, 6) is 0.0995. The normalized spacial score (nSPS) is 13.0. The molecule has 0 fully saturated rings. The fourth-order valence-corrected chi connectivity index (χ4v) is 2.40. The van der Waals surface area contributed by atoms with E-state index in [1.807, 2.05) is 6.07 Å². The molecule has 0 atom stereocenters. The number of esters is 1. The molecule has 1 aliphatic heterocycles. The van der Waals surface area contributed by atoms with Crippen LogP contribution >= 0.6 is 11.6 Å². The highest BCUT2D eigenvalue weighted by Gasteiger charge is 2.15. The summed E-state index contributed by atoms with van der Waals surface area (Å²) in [6, 6.07) is 8.67. The number of carbonyl (C=O) groups is 2. The van der Waals surface area contributed by atoms with E-state index in [9.17, 15) is 9.59 Å². The Morgan fingerprint density at radius 3 is 2.92 bits per heavy atom. The molecule has 124 valence electrons. The smallest absolute Gasteiger partial charge is 0.344 e. The first-order valence-electron chi connectivity index (χ1n) is 7.42. The van der Waals surface area contributed by atoms with Crippen LogP contribution in [0.25, 0.3) is 0 Å². The SMILES string of the molecule is O=C1CCc2cc(OCC(=O)OCc3ccc(Cl)nc3)ccc2N1. The van der Waals surface area contributed by atoms with Gasteiger partial charge in [0.15, 0.2) is 6.61 Å². The highest BCUT2D eigenvalue weighted by atomic mass is 35.5. The summed E-state index contributed by atoms with van der Waals surface area (Å²) in [6.45, 7) is -0.0747. The summed E-state index contributed by atoms with van der Waals surface area (Å²) >= 11 is 5.69. The second-order valence-corrected chi connectivity index (χ2v) is 5.69. The zero-order chi connectivity index (χ0) is 16.9. The van der Waals surface area contributed by atoms with E-state index in [1.165, 1.54) is 0 Å². The van der Waals surface area contributed by atoms with E-state index in [0.717, 1.165) is 16.8 Å².